The number of methoxy groups -OCH3 is 1. The van der Waals surface area contributed by atoms with E-state index in [9.17, 15) is 19.7 Å². The van der Waals surface area contributed by atoms with Gasteiger partial charge in [-0.3, -0.25) is 24.6 Å². The van der Waals surface area contributed by atoms with Crippen molar-refractivity contribution in [2.75, 3.05) is 12.4 Å². The van der Waals surface area contributed by atoms with Crippen LogP contribution in [0.2, 0.25) is 0 Å². The van der Waals surface area contributed by atoms with Crippen molar-refractivity contribution in [3.63, 3.8) is 0 Å². The first-order valence-electron chi connectivity index (χ1n) is 11.1. The van der Waals surface area contributed by atoms with Crippen LogP contribution in [0.1, 0.15) is 44.6 Å². The first-order valence-corrected chi connectivity index (χ1v) is 12.0. The zero-order valence-corrected chi connectivity index (χ0v) is 20.0. The van der Waals surface area contributed by atoms with E-state index in [0.29, 0.717) is 16.8 Å². The van der Waals surface area contributed by atoms with Gasteiger partial charge in [-0.15, -0.1) is 0 Å². The number of ether oxygens (including phenoxy) is 1. The van der Waals surface area contributed by atoms with Gasteiger partial charge >= 0.3 is 0 Å². The Kier molecular flexibility index (Phi) is 6.87. The quantitative estimate of drug-likeness (QED) is 0.425. The van der Waals surface area contributed by atoms with Crippen LogP contribution in [-0.2, 0) is 9.59 Å². The summed E-state index contributed by atoms with van der Waals surface area (Å²) in [6.07, 6.45) is 1.81. The third-order valence-electron chi connectivity index (χ3n) is 5.70. The largest absolute Gasteiger partial charge is 0.494 e. The number of nitrogens with one attached hydrogen (secondary N) is 1. The van der Waals surface area contributed by atoms with Crippen LogP contribution in [0.4, 0.5) is 17.1 Å². The summed E-state index contributed by atoms with van der Waals surface area (Å²) in [5.74, 6) is 0.108. The molecule has 1 heterocycles. The molecule has 1 saturated heterocycles. The van der Waals surface area contributed by atoms with Gasteiger partial charge in [0.05, 0.1) is 29.5 Å². The van der Waals surface area contributed by atoms with Crippen LogP contribution < -0.4 is 10.1 Å². The molecular formula is C24H26N4O5S. The number of carbonyl (C=O) groups excluding carboxylic acids is 2. The van der Waals surface area contributed by atoms with Crippen LogP contribution in [0.15, 0.2) is 47.5 Å². The minimum absolute atomic E-state index is 0.0435. The number of nitrogens with zero attached hydrogens (tertiary/aromatic N) is 3. The van der Waals surface area contributed by atoms with Crippen molar-refractivity contribution >= 4 is 45.8 Å². The molecule has 2 aliphatic rings. The first kappa shape index (κ1) is 23.7. The summed E-state index contributed by atoms with van der Waals surface area (Å²) < 4.78 is 5.17. The molecule has 1 aliphatic heterocycles. The summed E-state index contributed by atoms with van der Waals surface area (Å²) in [5.41, 5.74) is 2.16. The summed E-state index contributed by atoms with van der Waals surface area (Å²) in [6.45, 7) is 4.26. The molecule has 2 aromatic rings. The van der Waals surface area contributed by atoms with E-state index in [4.69, 9.17) is 9.73 Å². The molecule has 0 radical (unpaired) electrons. The van der Waals surface area contributed by atoms with Gasteiger partial charge in [0.1, 0.15) is 11.0 Å². The Bertz CT molecular complexity index is 1140. The average molecular weight is 483 g/mol. The van der Waals surface area contributed by atoms with Crippen LogP contribution in [0.25, 0.3) is 0 Å². The Morgan fingerprint density at radius 2 is 1.97 bits per heavy atom. The number of hydrogen-bond donors (Lipinski definition) is 1. The normalized spacial score (nSPS) is 19.1. The van der Waals surface area contributed by atoms with Gasteiger partial charge in [0.25, 0.3) is 5.69 Å². The van der Waals surface area contributed by atoms with Gasteiger partial charge in [-0.1, -0.05) is 37.7 Å². The van der Waals surface area contributed by atoms with Crippen molar-refractivity contribution in [3.05, 3.63) is 58.1 Å². The van der Waals surface area contributed by atoms with Crippen molar-refractivity contribution in [2.24, 2.45) is 4.99 Å². The summed E-state index contributed by atoms with van der Waals surface area (Å²) >= 11 is 1.30. The standard InChI is InChI=1S/C24H26N4O5S/c1-14(2)15-4-6-16(7-5-15)25-24-27(17-8-9-17)23(30)21(34-24)13-22(29)26-19-11-10-18(28(31)32)12-20(19)33-3/h4-7,10-12,14,17,21H,8-9,13H2,1-3H3,(H,26,29). The van der Waals surface area contributed by atoms with Gasteiger partial charge in [-0.05, 0) is 42.5 Å². The van der Waals surface area contributed by atoms with Crippen molar-refractivity contribution in [3.8, 4) is 5.75 Å². The van der Waals surface area contributed by atoms with Crippen molar-refractivity contribution in [1.82, 2.24) is 4.90 Å². The topological polar surface area (TPSA) is 114 Å². The number of carbonyl (C=O) groups is 2. The second-order valence-electron chi connectivity index (χ2n) is 8.58. The van der Waals surface area contributed by atoms with E-state index < -0.39 is 10.2 Å². The number of non-ortho nitro benzene ring substituents is 1. The third-order valence-corrected chi connectivity index (χ3v) is 6.86. The Morgan fingerprint density at radius 3 is 2.56 bits per heavy atom. The zero-order valence-electron chi connectivity index (χ0n) is 19.2. The monoisotopic (exact) mass is 482 g/mol. The number of benzene rings is 2. The van der Waals surface area contributed by atoms with Gasteiger partial charge in [-0.2, -0.15) is 0 Å². The maximum Gasteiger partial charge on any atom is 0.273 e. The van der Waals surface area contributed by atoms with Crippen LogP contribution in [0.3, 0.4) is 0 Å². The molecule has 4 rings (SSSR count). The highest BCUT2D eigenvalue weighted by Gasteiger charge is 2.46. The predicted molar refractivity (Wildman–Crippen MR) is 132 cm³/mol. The van der Waals surface area contributed by atoms with Gasteiger partial charge < -0.3 is 10.1 Å². The lowest BCUT2D eigenvalue weighted by atomic mass is 10.0. The minimum atomic E-state index is -0.585. The number of amidine groups is 1. The lowest BCUT2D eigenvalue weighted by molar-refractivity contribution is -0.384. The first-order chi connectivity index (χ1) is 16.3. The molecule has 1 saturated carbocycles. The van der Waals surface area contributed by atoms with Crippen molar-refractivity contribution in [1.29, 1.82) is 0 Å². The van der Waals surface area contributed by atoms with Gasteiger partial charge in [0.2, 0.25) is 11.8 Å². The highest BCUT2D eigenvalue weighted by atomic mass is 32.2. The molecule has 178 valence electrons. The average Bonchev–Trinajstić information content (AvgIpc) is 3.59. The van der Waals surface area contributed by atoms with E-state index >= 15 is 0 Å². The third kappa shape index (κ3) is 5.22. The molecule has 34 heavy (non-hydrogen) atoms. The second kappa shape index (κ2) is 9.84. The molecule has 9 nitrogen and oxygen atoms in total. The summed E-state index contributed by atoms with van der Waals surface area (Å²) in [4.78, 5) is 42.7. The molecule has 0 aromatic heterocycles. The van der Waals surface area contributed by atoms with E-state index in [-0.39, 0.29) is 35.7 Å². The summed E-state index contributed by atoms with van der Waals surface area (Å²) in [7, 11) is 1.37. The zero-order chi connectivity index (χ0) is 24.4. The van der Waals surface area contributed by atoms with E-state index in [1.54, 1.807) is 4.90 Å². The number of rotatable bonds is 8. The fourth-order valence-electron chi connectivity index (χ4n) is 3.67. The lowest BCUT2D eigenvalue weighted by Gasteiger charge is -2.15. The van der Waals surface area contributed by atoms with Crippen LogP contribution >= 0.6 is 11.8 Å². The number of amides is 2. The SMILES string of the molecule is COc1cc([N+](=O)[O-])ccc1NC(=O)CC1SC(=Nc2ccc(C(C)C)cc2)N(C2CC2)C1=O. The molecule has 1 aliphatic carbocycles. The van der Waals surface area contributed by atoms with Gasteiger partial charge in [-0.25, -0.2) is 4.99 Å². The number of nitro groups is 1. The molecule has 2 fully saturated rings. The summed E-state index contributed by atoms with van der Waals surface area (Å²) in [6, 6.07) is 12.1. The number of nitro benzene ring substituents is 1. The highest BCUT2D eigenvalue weighted by molar-refractivity contribution is 8.15. The Balaban J connectivity index is 1.48. The van der Waals surface area contributed by atoms with Crippen molar-refractivity contribution < 1.29 is 19.2 Å². The molecule has 0 spiro atoms. The predicted octanol–water partition coefficient (Wildman–Crippen LogP) is 4.85. The fourth-order valence-corrected chi connectivity index (χ4v) is 4.89. The van der Waals surface area contributed by atoms with E-state index in [1.807, 2.05) is 24.3 Å². The van der Waals surface area contributed by atoms with Gasteiger partial charge in [0.15, 0.2) is 5.17 Å². The molecule has 0 bridgehead atoms. The second-order valence-corrected chi connectivity index (χ2v) is 9.75. The molecule has 1 N–H and O–H groups in total. The molecule has 10 heteroatoms. The minimum Gasteiger partial charge on any atom is -0.494 e. The van der Waals surface area contributed by atoms with Crippen LogP contribution in [-0.4, -0.2) is 45.2 Å². The lowest BCUT2D eigenvalue weighted by Crippen LogP contribution is -2.35. The Hall–Kier alpha value is -3.40. The van der Waals surface area contributed by atoms with Crippen LogP contribution in [0.5, 0.6) is 5.75 Å². The van der Waals surface area contributed by atoms with Gasteiger partial charge in [0, 0.05) is 18.5 Å². The number of anilines is 1. The van der Waals surface area contributed by atoms with Crippen molar-refractivity contribution in [2.45, 2.75) is 50.3 Å². The number of aliphatic imine (C=N–C) groups is 1. The highest BCUT2D eigenvalue weighted by Crippen LogP contribution is 2.40. The fraction of sp³-hybridized carbons (Fsp3) is 0.375. The van der Waals surface area contributed by atoms with E-state index in [2.05, 4.69) is 19.2 Å². The molecule has 1 unspecified atom stereocenters. The number of thioether (sulfide) groups is 1. The Morgan fingerprint density at radius 1 is 1.26 bits per heavy atom. The smallest absolute Gasteiger partial charge is 0.273 e. The molecule has 2 amide bonds. The Labute approximate surface area is 201 Å². The molecular weight excluding hydrogens is 456 g/mol. The van der Waals surface area contributed by atoms with Crippen LogP contribution in [0, 0.1) is 10.1 Å². The van der Waals surface area contributed by atoms with E-state index in [1.165, 1.54) is 42.6 Å². The molecule has 2 aromatic carbocycles. The van der Waals surface area contributed by atoms with E-state index in [0.717, 1.165) is 18.5 Å². The maximum absolute atomic E-state index is 13.1. The molecule has 1 atom stereocenters. The summed E-state index contributed by atoms with van der Waals surface area (Å²) in [5, 5.41) is 13.7. The number of hydrogen-bond acceptors (Lipinski definition) is 7. The maximum atomic E-state index is 13.1.